The summed E-state index contributed by atoms with van der Waals surface area (Å²) in [4.78, 5) is 37.3. The molecule has 0 spiro atoms. The lowest BCUT2D eigenvalue weighted by Crippen LogP contribution is -2.41. The van der Waals surface area contributed by atoms with E-state index < -0.39 is 0 Å². The number of nitrogens with zero attached hydrogens (tertiary/aromatic N) is 4. The Morgan fingerprint density at radius 1 is 1.31 bits per heavy atom. The average molecular weight is 458 g/mol. The molecule has 2 aliphatic heterocycles. The number of piperidine rings is 1. The zero-order valence-corrected chi connectivity index (χ0v) is 19.0. The van der Waals surface area contributed by atoms with Crippen LogP contribution in [0.4, 0.5) is 22.2 Å². The third-order valence-corrected chi connectivity index (χ3v) is 6.29. The number of fused-ring (bicyclic) bond motifs is 1. The molecule has 0 bridgehead atoms. The summed E-state index contributed by atoms with van der Waals surface area (Å²) in [5.74, 6) is 1.27. The zero-order chi connectivity index (χ0) is 22.7. The standard InChI is InChI=1S/C22H28ClN7O2/c1-29(2)19(31)11-17(14-7-9-24-10-8-14)26-21-25-12-15-13-30(22(32)28-20(15)27-21)18-6-4-3-5-16(18)23/h3-6,12,14,17,24H,7-11,13H2,1-2H3,(H2,25,26,27,28,32). The summed E-state index contributed by atoms with van der Waals surface area (Å²) < 4.78 is 0. The largest absolute Gasteiger partial charge is 0.351 e. The smallest absolute Gasteiger partial charge is 0.327 e. The summed E-state index contributed by atoms with van der Waals surface area (Å²) in [6.07, 6.45) is 4.03. The number of aromatic nitrogens is 2. The lowest BCUT2D eigenvalue weighted by molar-refractivity contribution is -0.129. The minimum absolute atomic E-state index is 0.0580. The summed E-state index contributed by atoms with van der Waals surface area (Å²) in [6, 6.07) is 6.83. The molecule has 0 radical (unpaired) electrons. The van der Waals surface area contributed by atoms with Crippen molar-refractivity contribution in [2.24, 2.45) is 5.92 Å². The topological polar surface area (TPSA) is 102 Å². The molecule has 1 aromatic heterocycles. The molecule has 1 atom stereocenters. The first-order valence-electron chi connectivity index (χ1n) is 10.8. The number of benzene rings is 1. The van der Waals surface area contributed by atoms with Gasteiger partial charge in [0.2, 0.25) is 11.9 Å². The van der Waals surface area contributed by atoms with E-state index in [9.17, 15) is 9.59 Å². The second-order valence-electron chi connectivity index (χ2n) is 8.37. The quantitative estimate of drug-likeness (QED) is 0.616. The van der Waals surface area contributed by atoms with E-state index in [1.54, 1.807) is 42.2 Å². The van der Waals surface area contributed by atoms with E-state index in [0.717, 1.165) is 31.5 Å². The fourth-order valence-corrected chi connectivity index (χ4v) is 4.33. The van der Waals surface area contributed by atoms with Gasteiger partial charge in [-0.15, -0.1) is 0 Å². The number of amides is 3. The molecule has 2 aromatic rings. The molecule has 1 fully saturated rings. The zero-order valence-electron chi connectivity index (χ0n) is 18.3. The van der Waals surface area contributed by atoms with Crippen LogP contribution < -0.4 is 20.9 Å². The normalized spacial score (nSPS) is 17.3. The highest BCUT2D eigenvalue weighted by atomic mass is 35.5. The summed E-state index contributed by atoms with van der Waals surface area (Å²) >= 11 is 6.27. The molecule has 3 N–H and O–H groups in total. The van der Waals surface area contributed by atoms with Crippen molar-refractivity contribution in [1.82, 2.24) is 20.2 Å². The second-order valence-corrected chi connectivity index (χ2v) is 8.77. The van der Waals surface area contributed by atoms with Crippen molar-refractivity contribution in [3.63, 3.8) is 0 Å². The number of carbonyl (C=O) groups is 2. The van der Waals surface area contributed by atoms with Gasteiger partial charge in [0.1, 0.15) is 5.82 Å². The van der Waals surface area contributed by atoms with Crippen LogP contribution in [-0.4, -0.2) is 60.0 Å². The van der Waals surface area contributed by atoms with E-state index in [1.165, 1.54) is 0 Å². The molecule has 170 valence electrons. The Labute approximate surface area is 192 Å². The highest BCUT2D eigenvalue weighted by Crippen LogP contribution is 2.31. The van der Waals surface area contributed by atoms with Gasteiger partial charge in [0.05, 0.1) is 17.3 Å². The fraction of sp³-hybridized carbons (Fsp3) is 0.455. The maximum Gasteiger partial charge on any atom is 0.327 e. The third kappa shape index (κ3) is 4.94. The van der Waals surface area contributed by atoms with Gasteiger partial charge in [-0.05, 0) is 44.0 Å². The number of halogens is 1. The predicted octanol–water partition coefficient (Wildman–Crippen LogP) is 2.94. The highest BCUT2D eigenvalue weighted by Gasteiger charge is 2.29. The number of hydrogen-bond acceptors (Lipinski definition) is 6. The van der Waals surface area contributed by atoms with E-state index in [-0.39, 0.29) is 18.0 Å². The van der Waals surface area contributed by atoms with Crippen LogP contribution in [0.1, 0.15) is 24.8 Å². The number of anilines is 3. The van der Waals surface area contributed by atoms with Gasteiger partial charge in [-0.25, -0.2) is 9.78 Å². The van der Waals surface area contributed by atoms with Gasteiger partial charge in [0.25, 0.3) is 0 Å². The molecule has 1 unspecified atom stereocenters. The predicted molar refractivity (Wildman–Crippen MR) is 125 cm³/mol. The maximum atomic E-state index is 12.7. The van der Waals surface area contributed by atoms with Crippen molar-refractivity contribution in [2.75, 3.05) is 42.7 Å². The Hall–Kier alpha value is -2.91. The molecular formula is C22H28ClN7O2. The molecule has 4 rings (SSSR count). The molecule has 3 heterocycles. The van der Waals surface area contributed by atoms with Crippen LogP contribution in [0.25, 0.3) is 0 Å². The molecule has 10 heteroatoms. The van der Waals surface area contributed by atoms with Crippen LogP contribution >= 0.6 is 11.6 Å². The van der Waals surface area contributed by atoms with Crippen LogP contribution in [0, 0.1) is 5.92 Å². The number of rotatable bonds is 6. The molecule has 3 amide bonds. The van der Waals surface area contributed by atoms with Gasteiger partial charge in [0, 0.05) is 38.3 Å². The average Bonchev–Trinajstić information content (AvgIpc) is 2.79. The second kappa shape index (κ2) is 9.70. The van der Waals surface area contributed by atoms with Crippen LogP contribution in [0.3, 0.4) is 0 Å². The van der Waals surface area contributed by atoms with Gasteiger partial charge >= 0.3 is 6.03 Å². The van der Waals surface area contributed by atoms with Crippen molar-refractivity contribution >= 4 is 41.0 Å². The van der Waals surface area contributed by atoms with Gasteiger partial charge in [-0.3, -0.25) is 15.0 Å². The lowest BCUT2D eigenvalue weighted by atomic mass is 9.88. The minimum atomic E-state index is -0.298. The first kappa shape index (κ1) is 22.3. The molecule has 2 aliphatic rings. The van der Waals surface area contributed by atoms with Crippen LogP contribution in [0.15, 0.2) is 30.5 Å². The molecule has 32 heavy (non-hydrogen) atoms. The Morgan fingerprint density at radius 3 is 2.78 bits per heavy atom. The molecule has 1 saturated heterocycles. The van der Waals surface area contributed by atoms with Crippen molar-refractivity contribution in [1.29, 1.82) is 0 Å². The van der Waals surface area contributed by atoms with Crippen LogP contribution in [-0.2, 0) is 11.3 Å². The van der Waals surface area contributed by atoms with Gasteiger partial charge in [0.15, 0.2) is 0 Å². The Bertz CT molecular complexity index is 994. The molecule has 0 aliphatic carbocycles. The molecule has 1 aromatic carbocycles. The van der Waals surface area contributed by atoms with E-state index in [2.05, 4.69) is 25.9 Å². The molecule has 0 saturated carbocycles. The van der Waals surface area contributed by atoms with Gasteiger partial charge in [-0.2, -0.15) is 4.98 Å². The third-order valence-electron chi connectivity index (χ3n) is 5.97. The van der Waals surface area contributed by atoms with Crippen molar-refractivity contribution in [3.8, 4) is 0 Å². The molecular weight excluding hydrogens is 430 g/mol. The summed E-state index contributed by atoms with van der Waals surface area (Å²) in [6.45, 7) is 2.18. The van der Waals surface area contributed by atoms with E-state index in [0.29, 0.717) is 41.4 Å². The molecule has 9 nitrogen and oxygen atoms in total. The first-order chi connectivity index (χ1) is 15.4. The Balaban J connectivity index is 1.52. The van der Waals surface area contributed by atoms with Crippen molar-refractivity contribution < 1.29 is 9.59 Å². The summed E-state index contributed by atoms with van der Waals surface area (Å²) in [5.41, 5.74) is 1.42. The lowest BCUT2D eigenvalue weighted by Gasteiger charge is -2.32. The number of para-hydroxylation sites is 1. The van der Waals surface area contributed by atoms with Gasteiger partial charge < -0.3 is 15.5 Å². The van der Waals surface area contributed by atoms with E-state index in [4.69, 9.17) is 11.6 Å². The number of urea groups is 1. The summed E-state index contributed by atoms with van der Waals surface area (Å²) in [5, 5.41) is 10.1. The van der Waals surface area contributed by atoms with E-state index in [1.807, 2.05) is 12.1 Å². The summed E-state index contributed by atoms with van der Waals surface area (Å²) in [7, 11) is 3.52. The monoisotopic (exact) mass is 457 g/mol. The highest BCUT2D eigenvalue weighted by molar-refractivity contribution is 6.34. The van der Waals surface area contributed by atoms with Crippen molar-refractivity contribution in [2.45, 2.75) is 31.8 Å². The minimum Gasteiger partial charge on any atom is -0.351 e. The number of nitrogens with one attached hydrogen (secondary N) is 3. The number of hydrogen-bond donors (Lipinski definition) is 3. The maximum absolute atomic E-state index is 12.7. The van der Waals surface area contributed by atoms with Crippen molar-refractivity contribution in [3.05, 3.63) is 41.0 Å². The number of carbonyl (C=O) groups excluding carboxylic acids is 2. The fourth-order valence-electron chi connectivity index (χ4n) is 4.10. The SMILES string of the molecule is CN(C)C(=O)CC(Nc1ncc2c(n1)NC(=O)N(c1ccccc1Cl)C2)C1CCNCC1. The Kier molecular flexibility index (Phi) is 6.76. The first-order valence-corrected chi connectivity index (χ1v) is 11.2. The van der Waals surface area contributed by atoms with E-state index >= 15 is 0 Å². The van der Waals surface area contributed by atoms with Crippen LogP contribution in [0.5, 0.6) is 0 Å². The van der Waals surface area contributed by atoms with Gasteiger partial charge in [-0.1, -0.05) is 23.7 Å². The Morgan fingerprint density at radius 2 is 2.06 bits per heavy atom. The van der Waals surface area contributed by atoms with Crippen LogP contribution in [0.2, 0.25) is 5.02 Å².